The first kappa shape index (κ1) is 19.0. The van der Waals surface area contributed by atoms with Crippen LogP contribution in [0.1, 0.15) is 15.9 Å². The number of anilines is 1. The van der Waals surface area contributed by atoms with E-state index in [1.54, 1.807) is 16.2 Å². The number of nitrogens with one attached hydrogen (secondary N) is 1. The Kier molecular flexibility index (Phi) is 4.84. The van der Waals surface area contributed by atoms with E-state index in [1.807, 2.05) is 23.7 Å². The fourth-order valence-electron chi connectivity index (χ4n) is 3.61. The standard InChI is InChI=1S/C21H18FN3O4S/c22-15-5-18-16(24-20(26)10-29-18)4-14(15)21(27)25-6-13(7-25)9-28-8-12-1-2-19-17(3-12)23-11-30-19/h1-5,11,13H,6-10H2,(H,24,26). The lowest BCUT2D eigenvalue weighted by Gasteiger charge is -2.39. The van der Waals surface area contributed by atoms with Crippen LogP contribution < -0.4 is 10.1 Å². The van der Waals surface area contributed by atoms with Crippen molar-refractivity contribution < 1.29 is 23.5 Å². The average molecular weight is 427 g/mol. The van der Waals surface area contributed by atoms with E-state index in [1.165, 1.54) is 6.07 Å². The zero-order valence-electron chi connectivity index (χ0n) is 15.9. The molecule has 154 valence electrons. The topological polar surface area (TPSA) is 80.8 Å². The summed E-state index contributed by atoms with van der Waals surface area (Å²) in [6, 6.07) is 8.56. The summed E-state index contributed by atoms with van der Waals surface area (Å²) in [6.45, 7) is 1.85. The lowest BCUT2D eigenvalue weighted by atomic mass is 9.99. The Morgan fingerprint density at radius 3 is 3.07 bits per heavy atom. The molecule has 2 aliphatic heterocycles. The summed E-state index contributed by atoms with van der Waals surface area (Å²) in [5.41, 5.74) is 4.09. The number of hydrogen-bond donors (Lipinski definition) is 1. The highest BCUT2D eigenvalue weighted by molar-refractivity contribution is 7.16. The van der Waals surface area contributed by atoms with Crippen LogP contribution in [0.5, 0.6) is 5.75 Å². The number of rotatable bonds is 5. The smallest absolute Gasteiger partial charge is 0.262 e. The Bertz CT molecular complexity index is 1140. The second-order valence-electron chi connectivity index (χ2n) is 7.41. The Labute approximate surface area is 175 Å². The largest absolute Gasteiger partial charge is 0.481 e. The molecule has 0 saturated carbocycles. The van der Waals surface area contributed by atoms with Crippen molar-refractivity contribution in [2.24, 2.45) is 5.92 Å². The molecule has 3 heterocycles. The number of ether oxygens (including phenoxy) is 2. The number of halogens is 1. The number of fused-ring (bicyclic) bond motifs is 2. The number of thiazole rings is 1. The average Bonchev–Trinajstić information content (AvgIpc) is 3.17. The number of nitrogens with zero attached hydrogens (tertiary/aromatic N) is 2. The first-order chi connectivity index (χ1) is 14.6. The van der Waals surface area contributed by atoms with Gasteiger partial charge < -0.3 is 19.7 Å². The van der Waals surface area contributed by atoms with E-state index in [0.29, 0.717) is 32.0 Å². The van der Waals surface area contributed by atoms with Crippen LogP contribution in [-0.4, -0.2) is 48.0 Å². The highest BCUT2D eigenvalue weighted by atomic mass is 32.1. The minimum Gasteiger partial charge on any atom is -0.481 e. The van der Waals surface area contributed by atoms with Crippen molar-refractivity contribution in [3.8, 4) is 5.75 Å². The summed E-state index contributed by atoms with van der Waals surface area (Å²) in [5, 5.41) is 2.59. The number of benzene rings is 2. The zero-order valence-corrected chi connectivity index (χ0v) is 16.7. The zero-order chi connectivity index (χ0) is 20.7. The van der Waals surface area contributed by atoms with Gasteiger partial charge in [0.15, 0.2) is 6.61 Å². The van der Waals surface area contributed by atoms with Crippen LogP contribution in [0, 0.1) is 11.7 Å². The highest BCUT2D eigenvalue weighted by Gasteiger charge is 2.33. The van der Waals surface area contributed by atoms with Gasteiger partial charge in [-0.1, -0.05) is 6.07 Å². The predicted molar refractivity (Wildman–Crippen MR) is 109 cm³/mol. The Morgan fingerprint density at radius 2 is 2.20 bits per heavy atom. The summed E-state index contributed by atoms with van der Waals surface area (Å²) in [5.74, 6) is -0.954. The van der Waals surface area contributed by atoms with Gasteiger partial charge in [0.05, 0.1) is 40.2 Å². The van der Waals surface area contributed by atoms with Crippen molar-refractivity contribution >= 4 is 39.1 Å². The van der Waals surface area contributed by atoms with Gasteiger partial charge in [0, 0.05) is 25.1 Å². The molecule has 5 rings (SSSR count). The van der Waals surface area contributed by atoms with Crippen molar-refractivity contribution in [1.82, 2.24) is 9.88 Å². The van der Waals surface area contributed by atoms with Crippen molar-refractivity contribution in [1.29, 1.82) is 0 Å². The van der Waals surface area contributed by atoms with E-state index < -0.39 is 11.7 Å². The van der Waals surface area contributed by atoms with Crippen molar-refractivity contribution in [2.45, 2.75) is 6.61 Å². The van der Waals surface area contributed by atoms with Crippen LogP contribution in [0.15, 0.2) is 35.8 Å². The third kappa shape index (κ3) is 3.61. The summed E-state index contributed by atoms with van der Waals surface area (Å²) < 4.78 is 26.5. The lowest BCUT2D eigenvalue weighted by Crippen LogP contribution is -2.51. The van der Waals surface area contributed by atoms with Gasteiger partial charge in [0.1, 0.15) is 11.6 Å². The van der Waals surface area contributed by atoms with Gasteiger partial charge in [-0.25, -0.2) is 9.37 Å². The molecule has 0 spiro atoms. The molecule has 0 aliphatic carbocycles. The van der Waals surface area contributed by atoms with E-state index >= 15 is 0 Å². The molecule has 3 aromatic rings. The lowest BCUT2D eigenvalue weighted by molar-refractivity contribution is -0.118. The second-order valence-corrected chi connectivity index (χ2v) is 8.30. The molecule has 0 atom stereocenters. The highest BCUT2D eigenvalue weighted by Crippen LogP contribution is 2.32. The first-order valence-corrected chi connectivity index (χ1v) is 10.4. The van der Waals surface area contributed by atoms with Gasteiger partial charge in [-0.3, -0.25) is 9.59 Å². The number of hydrogen-bond acceptors (Lipinski definition) is 6. The molecule has 1 saturated heterocycles. The van der Waals surface area contributed by atoms with Crippen LogP contribution in [-0.2, 0) is 16.1 Å². The minimum atomic E-state index is -0.660. The van der Waals surface area contributed by atoms with E-state index in [9.17, 15) is 14.0 Å². The molecule has 2 amide bonds. The molecule has 1 N–H and O–H groups in total. The number of carbonyl (C=O) groups excluding carboxylic acids is 2. The SMILES string of the molecule is O=C1COc2cc(F)c(C(=O)N3CC(COCc4ccc5scnc5c4)C3)cc2N1. The van der Waals surface area contributed by atoms with Crippen LogP contribution in [0.4, 0.5) is 10.1 Å². The summed E-state index contributed by atoms with van der Waals surface area (Å²) in [7, 11) is 0. The summed E-state index contributed by atoms with van der Waals surface area (Å²) in [4.78, 5) is 30.0. The molecule has 9 heteroatoms. The molecular weight excluding hydrogens is 409 g/mol. The maximum atomic E-state index is 14.4. The third-order valence-electron chi connectivity index (χ3n) is 5.19. The summed E-state index contributed by atoms with van der Waals surface area (Å²) in [6.07, 6.45) is 0. The van der Waals surface area contributed by atoms with Gasteiger partial charge in [-0.05, 0) is 23.8 Å². The predicted octanol–water partition coefficient (Wildman–Crippen LogP) is 3.06. The van der Waals surface area contributed by atoms with Gasteiger partial charge in [-0.15, -0.1) is 11.3 Å². The molecule has 0 radical (unpaired) electrons. The quantitative estimate of drug-likeness (QED) is 0.677. The van der Waals surface area contributed by atoms with E-state index in [2.05, 4.69) is 10.3 Å². The van der Waals surface area contributed by atoms with Gasteiger partial charge >= 0.3 is 0 Å². The minimum absolute atomic E-state index is 0.0736. The molecule has 2 aromatic carbocycles. The van der Waals surface area contributed by atoms with Crippen LogP contribution in [0.2, 0.25) is 0 Å². The monoisotopic (exact) mass is 427 g/mol. The Balaban J connectivity index is 1.14. The van der Waals surface area contributed by atoms with Crippen molar-refractivity contribution in [2.75, 3.05) is 31.6 Å². The number of carbonyl (C=O) groups is 2. The Hall–Kier alpha value is -3.04. The van der Waals surface area contributed by atoms with Crippen LogP contribution in [0.25, 0.3) is 10.2 Å². The molecule has 0 unspecified atom stereocenters. The third-order valence-corrected chi connectivity index (χ3v) is 6.00. The first-order valence-electron chi connectivity index (χ1n) is 9.52. The van der Waals surface area contributed by atoms with Crippen LogP contribution in [0.3, 0.4) is 0 Å². The van der Waals surface area contributed by atoms with Crippen molar-refractivity contribution in [3.63, 3.8) is 0 Å². The fraction of sp³-hybridized carbons (Fsp3) is 0.286. The molecule has 1 fully saturated rings. The van der Waals surface area contributed by atoms with Gasteiger partial charge in [0.2, 0.25) is 0 Å². The van der Waals surface area contributed by atoms with E-state index in [-0.39, 0.29) is 29.7 Å². The normalized spacial score (nSPS) is 16.0. The van der Waals surface area contributed by atoms with E-state index in [4.69, 9.17) is 9.47 Å². The van der Waals surface area contributed by atoms with Crippen LogP contribution >= 0.6 is 11.3 Å². The van der Waals surface area contributed by atoms with E-state index in [0.717, 1.165) is 21.8 Å². The van der Waals surface area contributed by atoms with Gasteiger partial charge in [-0.2, -0.15) is 0 Å². The summed E-state index contributed by atoms with van der Waals surface area (Å²) >= 11 is 1.60. The number of amides is 2. The van der Waals surface area contributed by atoms with Crippen molar-refractivity contribution in [3.05, 3.63) is 52.8 Å². The Morgan fingerprint density at radius 1 is 1.33 bits per heavy atom. The molecule has 1 aromatic heterocycles. The molecular formula is C21H18FN3O4S. The van der Waals surface area contributed by atoms with Gasteiger partial charge in [0.25, 0.3) is 11.8 Å². The molecule has 0 bridgehead atoms. The number of likely N-dealkylation sites (tertiary alicyclic amines) is 1. The second kappa shape index (κ2) is 7.66. The molecule has 7 nitrogen and oxygen atoms in total. The molecule has 2 aliphatic rings. The fourth-order valence-corrected chi connectivity index (χ4v) is 4.27. The maximum Gasteiger partial charge on any atom is 0.262 e. The number of aromatic nitrogens is 1. The molecule has 30 heavy (non-hydrogen) atoms. The maximum absolute atomic E-state index is 14.4.